The van der Waals surface area contributed by atoms with Crippen molar-refractivity contribution in [1.29, 1.82) is 0 Å². The summed E-state index contributed by atoms with van der Waals surface area (Å²) in [6, 6.07) is 5.32. The van der Waals surface area contributed by atoms with Gasteiger partial charge in [-0.25, -0.2) is 4.79 Å². The van der Waals surface area contributed by atoms with Gasteiger partial charge in [0.2, 0.25) is 0 Å². The van der Waals surface area contributed by atoms with Crippen molar-refractivity contribution >= 4 is 23.4 Å². The Morgan fingerprint density at radius 1 is 1.23 bits per heavy atom. The molecule has 2 rings (SSSR count). The van der Waals surface area contributed by atoms with Crippen molar-refractivity contribution < 1.29 is 27.5 Å². The number of hydrogen-bond donors (Lipinski definition) is 1. The standard InChI is InChI=1S/C14H9ClF3NO3/c1-22-13(21)9-3-2-7(6-10(9)15)8-4-5-19-11(8)12(20)14(16,17)18/h2-6,19H,1H3. The van der Waals surface area contributed by atoms with Crippen LogP contribution in [0.1, 0.15) is 20.8 Å². The van der Waals surface area contributed by atoms with E-state index < -0.39 is 23.6 Å². The molecule has 0 spiro atoms. The summed E-state index contributed by atoms with van der Waals surface area (Å²) in [6.45, 7) is 0. The molecule has 1 aromatic heterocycles. The number of ketones is 1. The Balaban J connectivity index is 2.47. The van der Waals surface area contributed by atoms with Gasteiger partial charge in [-0.1, -0.05) is 17.7 Å². The largest absolute Gasteiger partial charge is 0.465 e. The molecule has 0 atom stereocenters. The van der Waals surface area contributed by atoms with E-state index in [1.165, 1.54) is 37.6 Å². The highest BCUT2D eigenvalue weighted by molar-refractivity contribution is 6.34. The van der Waals surface area contributed by atoms with Crippen LogP contribution in [-0.4, -0.2) is 30.0 Å². The molecule has 116 valence electrons. The first-order chi connectivity index (χ1) is 10.3. The summed E-state index contributed by atoms with van der Waals surface area (Å²) in [5.74, 6) is -2.65. The van der Waals surface area contributed by atoms with Crippen molar-refractivity contribution in [3.63, 3.8) is 0 Å². The van der Waals surface area contributed by atoms with Crippen molar-refractivity contribution in [2.75, 3.05) is 7.11 Å². The molecule has 0 fully saturated rings. The van der Waals surface area contributed by atoms with Gasteiger partial charge in [-0.2, -0.15) is 13.2 Å². The third-order valence-corrected chi connectivity index (χ3v) is 3.23. The molecule has 0 radical (unpaired) electrons. The van der Waals surface area contributed by atoms with Gasteiger partial charge in [0.05, 0.1) is 23.4 Å². The maximum absolute atomic E-state index is 12.5. The molecule has 0 saturated heterocycles. The number of H-pyrrole nitrogens is 1. The Morgan fingerprint density at radius 3 is 2.45 bits per heavy atom. The SMILES string of the molecule is COC(=O)c1ccc(-c2cc[nH]c2C(=O)C(F)(F)F)cc1Cl. The van der Waals surface area contributed by atoms with Crippen molar-refractivity contribution in [3.05, 3.63) is 46.7 Å². The maximum Gasteiger partial charge on any atom is 0.456 e. The molecule has 1 N–H and O–H groups in total. The van der Waals surface area contributed by atoms with Gasteiger partial charge in [-0.05, 0) is 23.8 Å². The number of ether oxygens (including phenoxy) is 1. The highest BCUT2D eigenvalue weighted by Gasteiger charge is 2.41. The number of methoxy groups -OCH3 is 1. The molecule has 1 heterocycles. The number of alkyl halides is 3. The first kappa shape index (κ1) is 16.1. The zero-order chi connectivity index (χ0) is 16.5. The van der Waals surface area contributed by atoms with Gasteiger partial charge in [0.15, 0.2) is 0 Å². The minimum Gasteiger partial charge on any atom is -0.465 e. The van der Waals surface area contributed by atoms with E-state index in [1.807, 2.05) is 0 Å². The van der Waals surface area contributed by atoms with Crippen molar-refractivity contribution in [2.24, 2.45) is 0 Å². The van der Waals surface area contributed by atoms with Crippen molar-refractivity contribution in [3.8, 4) is 11.1 Å². The third kappa shape index (κ3) is 2.99. The van der Waals surface area contributed by atoms with E-state index in [4.69, 9.17) is 11.6 Å². The van der Waals surface area contributed by atoms with Gasteiger partial charge in [0.1, 0.15) is 0 Å². The van der Waals surface area contributed by atoms with Gasteiger partial charge in [0.25, 0.3) is 5.78 Å². The molecular weight excluding hydrogens is 323 g/mol. The van der Waals surface area contributed by atoms with E-state index in [-0.39, 0.29) is 21.7 Å². The Labute approximate surface area is 127 Å². The summed E-state index contributed by atoms with van der Waals surface area (Å²) in [5, 5.41) is 0.0101. The second-order valence-electron chi connectivity index (χ2n) is 4.28. The van der Waals surface area contributed by atoms with Crippen LogP contribution in [-0.2, 0) is 4.74 Å². The van der Waals surface area contributed by atoms with Crippen LogP contribution in [0.2, 0.25) is 5.02 Å². The van der Waals surface area contributed by atoms with Crippen LogP contribution in [0.4, 0.5) is 13.2 Å². The van der Waals surface area contributed by atoms with Crippen LogP contribution in [0, 0.1) is 0 Å². The van der Waals surface area contributed by atoms with E-state index in [0.29, 0.717) is 0 Å². The van der Waals surface area contributed by atoms with E-state index in [2.05, 4.69) is 9.72 Å². The highest BCUT2D eigenvalue weighted by atomic mass is 35.5. The van der Waals surface area contributed by atoms with Crippen molar-refractivity contribution in [2.45, 2.75) is 6.18 Å². The molecule has 0 aliphatic heterocycles. The van der Waals surface area contributed by atoms with Gasteiger partial charge >= 0.3 is 12.1 Å². The van der Waals surface area contributed by atoms with Crippen LogP contribution in [0.15, 0.2) is 30.5 Å². The molecule has 2 aromatic rings. The molecule has 0 saturated carbocycles. The Hall–Kier alpha value is -2.28. The summed E-state index contributed by atoms with van der Waals surface area (Å²) in [4.78, 5) is 25.1. The number of aromatic nitrogens is 1. The average molecular weight is 332 g/mol. The lowest BCUT2D eigenvalue weighted by atomic mass is 10.0. The molecule has 0 aliphatic rings. The molecule has 1 aromatic carbocycles. The summed E-state index contributed by atoms with van der Waals surface area (Å²) in [6.07, 6.45) is -3.77. The van der Waals surface area contributed by atoms with Crippen LogP contribution in [0.25, 0.3) is 11.1 Å². The highest BCUT2D eigenvalue weighted by Crippen LogP contribution is 2.31. The molecular formula is C14H9ClF3NO3. The Bertz CT molecular complexity index is 737. The predicted octanol–water partition coefficient (Wildman–Crippen LogP) is 3.87. The number of hydrogen-bond acceptors (Lipinski definition) is 3. The summed E-state index contributed by atoms with van der Waals surface area (Å²) in [7, 11) is 1.18. The number of benzene rings is 1. The number of Topliss-reactive ketones (excluding diaryl/α,β-unsaturated/α-hetero) is 1. The van der Waals surface area contributed by atoms with Gasteiger partial charge in [-0.15, -0.1) is 0 Å². The van der Waals surface area contributed by atoms with Crippen LogP contribution >= 0.6 is 11.6 Å². The number of esters is 1. The monoisotopic (exact) mass is 331 g/mol. The fraction of sp³-hybridized carbons (Fsp3) is 0.143. The van der Waals surface area contributed by atoms with Gasteiger partial charge in [-0.3, -0.25) is 4.79 Å². The second-order valence-corrected chi connectivity index (χ2v) is 4.69. The topological polar surface area (TPSA) is 59.2 Å². The summed E-state index contributed by atoms with van der Waals surface area (Å²) in [5.41, 5.74) is -0.200. The van der Waals surface area contributed by atoms with Crippen LogP contribution in [0.5, 0.6) is 0 Å². The lowest BCUT2D eigenvalue weighted by molar-refractivity contribution is -0.0887. The zero-order valence-corrected chi connectivity index (χ0v) is 11.9. The summed E-state index contributed by atoms with van der Waals surface area (Å²) >= 11 is 5.92. The minimum atomic E-state index is -4.99. The fourth-order valence-electron chi connectivity index (χ4n) is 1.90. The quantitative estimate of drug-likeness (QED) is 0.686. The Morgan fingerprint density at radius 2 is 1.91 bits per heavy atom. The van der Waals surface area contributed by atoms with Crippen molar-refractivity contribution in [1.82, 2.24) is 4.98 Å². The second kappa shape index (κ2) is 5.84. The molecule has 0 bridgehead atoms. The van der Waals surface area contributed by atoms with Crippen LogP contribution in [0.3, 0.4) is 0 Å². The first-order valence-electron chi connectivity index (χ1n) is 5.93. The minimum absolute atomic E-state index is 0.0101. The van der Waals surface area contributed by atoms with Gasteiger partial charge in [0, 0.05) is 11.8 Å². The summed E-state index contributed by atoms with van der Waals surface area (Å²) < 4.78 is 42.2. The number of carbonyl (C=O) groups excluding carboxylic acids is 2. The lowest BCUT2D eigenvalue weighted by Crippen LogP contribution is -2.23. The molecule has 22 heavy (non-hydrogen) atoms. The number of carbonyl (C=O) groups is 2. The smallest absolute Gasteiger partial charge is 0.456 e. The average Bonchev–Trinajstić information content (AvgIpc) is 2.93. The zero-order valence-electron chi connectivity index (χ0n) is 11.1. The normalized spacial score (nSPS) is 11.3. The number of halogens is 4. The first-order valence-corrected chi connectivity index (χ1v) is 6.30. The van der Waals surface area contributed by atoms with Gasteiger partial charge < -0.3 is 9.72 Å². The molecule has 4 nitrogen and oxygen atoms in total. The fourth-order valence-corrected chi connectivity index (χ4v) is 2.16. The molecule has 0 unspecified atom stereocenters. The Kier molecular flexibility index (Phi) is 4.27. The van der Waals surface area contributed by atoms with E-state index >= 15 is 0 Å². The molecule has 0 amide bonds. The maximum atomic E-state index is 12.5. The predicted molar refractivity (Wildman–Crippen MR) is 73.0 cm³/mol. The van der Waals surface area contributed by atoms with E-state index in [0.717, 1.165) is 0 Å². The molecule has 0 aliphatic carbocycles. The van der Waals surface area contributed by atoms with E-state index in [9.17, 15) is 22.8 Å². The van der Waals surface area contributed by atoms with Crippen LogP contribution < -0.4 is 0 Å². The van der Waals surface area contributed by atoms with E-state index in [1.54, 1.807) is 0 Å². The molecule has 8 heteroatoms. The lowest BCUT2D eigenvalue weighted by Gasteiger charge is -2.08. The number of nitrogens with one attached hydrogen (secondary N) is 1. The number of rotatable bonds is 3. The third-order valence-electron chi connectivity index (χ3n) is 2.92. The number of aromatic amines is 1.